The van der Waals surface area contributed by atoms with Crippen molar-refractivity contribution >= 4 is 11.9 Å². The van der Waals surface area contributed by atoms with Crippen molar-refractivity contribution < 1.29 is 14.3 Å². The molecule has 21 heavy (non-hydrogen) atoms. The minimum absolute atomic E-state index is 0.181. The standard InChI is InChI=1S/C14H22N4O3/c1-4-21-14(20)11-7-16-18(3)12(11)8-15-10-5-6-13(19)17(2)9-10/h7,10,15H,4-6,8-9H2,1-3H3. The zero-order valence-electron chi connectivity index (χ0n) is 12.8. The van der Waals surface area contributed by atoms with Crippen LogP contribution in [0.15, 0.2) is 6.20 Å². The summed E-state index contributed by atoms with van der Waals surface area (Å²) in [6.07, 6.45) is 2.91. The van der Waals surface area contributed by atoms with E-state index in [9.17, 15) is 9.59 Å². The van der Waals surface area contributed by atoms with Gasteiger partial charge in [0.25, 0.3) is 0 Å². The van der Waals surface area contributed by atoms with Gasteiger partial charge in [0.1, 0.15) is 5.56 Å². The molecular formula is C14H22N4O3. The van der Waals surface area contributed by atoms with Crippen LogP contribution in [-0.2, 0) is 23.1 Å². The molecule has 1 aromatic rings. The lowest BCUT2D eigenvalue weighted by Gasteiger charge is -2.30. The van der Waals surface area contributed by atoms with E-state index in [0.717, 1.165) is 12.1 Å². The summed E-state index contributed by atoms with van der Waals surface area (Å²) in [6.45, 7) is 3.33. The van der Waals surface area contributed by atoms with E-state index in [2.05, 4.69) is 10.4 Å². The third-order valence-corrected chi connectivity index (χ3v) is 3.74. The minimum atomic E-state index is -0.349. The maximum absolute atomic E-state index is 11.9. The van der Waals surface area contributed by atoms with Gasteiger partial charge in [-0.15, -0.1) is 0 Å². The van der Waals surface area contributed by atoms with Crippen molar-refractivity contribution in [1.82, 2.24) is 20.0 Å². The Hall–Kier alpha value is -1.89. The van der Waals surface area contributed by atoms with Gasteiger partial charge in [-0.05, 0) is 13.3 Å². The lowest BCUT2D eigenvalue weighted by atomic mass is 10.1. The molecule has 1 aromatic heterocycles. The maximum Gasteiger partial charge on any atom is 0.341 e. The first-order chi connectivity index (χ1) is 10.0. The maximum atomic E-state index is 11.9. The van der Waals surface area contributed by atoms with Crippen molar-refractivity contribution in [3.8, 4) is 0 Å². The molecule has 0 radical (unpaired) electrons. The van der Waals surface area contributed by atoms with Crippen molar-refractivity contribution in [2.45, 2.75) is 32.4 Å². The van der Waals surface area contributed by atoms with Gasteiger partial charge < -0.3 is 15.0 Å². The van der Waals surface area contributed by atoms with Crippen molar-refractivity contribution in [2.75, 3.05) is 20.2 Å². The van der Waals surface area contributed by atoms with E-state index >= 15 is 0 Å². The van der Waals surface area contributed by atoms with Gasteiger partial charge in [0.15, 0.2) is 0 Å². The average molecular weight is 294 g/mol. The molecule has 0 spiro atoms. The molecule has 2 rings (SSSR count). The number of likely N-dealkylation sites (N-methyl/N-ethyl adjacent to an activating group) is 1. The lowest BCUT2D eigenvalue weighted by molar-refractivity contribution is -0.132. The van der Waals surface area contributed by atoms with E-state index in [0.29, 0.717) is 31.7 Å². The van der Waals surface area contributed by atoms with Crippen LogP contribution in [0.2, 0.25) is 0 Å². The van der Waals surface area contributed by atoms with E-state index in [1.165, 1.54) is 6.20 Å². The van der Waals surface area contributed by atoms with Gasteiger partial charge in [0.05, 0.1) is 18.5 Å². The monoisotopic (exact) mass is 294 g/mol. The summed E-state index contributed by atoms with van der Waals surface area (Å²) in [5.74, 6) is -0.167. The molecule has 1 N–H and O–H groups in total. The zero-order valence-corrected chi connectivity index (χ0v) is 12.8. The summed E-state index contributed by atoms with van der Waals surface area (Å²) >= 11 is 0. The number of esters is 1. The van der Waals surface area contributed by atoms with Gasteiger partial charge in [-0.3, -0.25) is 9.48 Å². The van der Waals surface area contributed by atoms with Crippen LogP contribution in [0.25, 0.3) is 0 Å². The van der Waals surface area contributed by atoms with Crippen molar-refractivity contribution in [1.29, 1.82) is 0 Å². The molecule has 0 saturated carbocycles. The summed E-state index contributed by atoms with van der Waals surface area (Å²) < 4.78 is 6.71. The molecule has 1 aliphatic rings. The smallest absolute Gasteiger partial charge is 0.341 e. The van der Waals surface area contributed by atoms with Crippen LogP contribution in [-0.4, -0.2) is 52.8 Å². The summed E-state index contributed by atoms with van der Waals surface area (Å²) in [6, 6.07) is 0.234. The van der Waals surface area contributed by atoms with Gasteiger partial charge in [-0.25, -0.2) is 4.79 Å². The Kier molecular flexibility index (Phi) is 4.95. The van der Waals surface area contributed by atoms with Crippen LogP contribution in [0.4, 0.5) is 0 Å². The molecule has 7 nitrogen and oxygen atoms in total. The highest BCUT2D eigenvalue weighted by Gasteiger charge is 2.24. The molecule has 0 aliphatic carbocycles. The Balaban J connectivity index is 1.98. The lowest BCUT2D eigenvalue weighted by Crippen LogP contribution is -2.46. The highest BCUT2D eigenvalue weighted by Crippen LogP contribution is 2.13. The second kappa shape index (κ2) is 6.71. The third-order valence-electron chi connectivity index (χ3n) is 3.74. The predicted octanol–water partition coefficient (Wildman–Crippen LogP) is 0.307. The van der Waals surface area contributed by atoms with Gasteiger partial charge >= 0.3 is 5.97 Å². The second-order valence-electron chi connectivity index (χ2n) is 5.24. The van der Waals surface area contributed by atoms with E-state index < -0.39 is 0 Å². The number of carbonyl (C=O) groups excluding carboxylic acids is 2. The number of piperidine rings is 1. The number of aromatic nitrogens is 2. The van der Waals surface area contributed by atoms with Crippen LogP contribution >= 0.6 is 0 Å². The fourth-order valence-electron chi connectivity index (χ4n) is 2.47. The normalized spacial score (nSPS) is 18.9. The Labute approximate surface area is 124 Å². The molecule has 0 bridgehead atoms. The van der Waals surface area contributed by atoms with Gasteiger partial charge in [0.2, 0.25) is 5.91 Å². The molecule has 1 atom stereocenters. The molecule has 1 saturated heterocycles. The Morgan fingerprint density at radius 3 is 2.95 bits per heavy atom. The average Bonchev–Trinajstić information content (AvgIpc) is 2.82. The molecule has 2 heterocycles. The molecule has 1 amide bonds. The molecule has 1 aliphatic heterocycles. The number of nitrogens with zero attached hydrogens (tertiary/aromatic N) is 3. The number of nitrogens with one attached hydrogen (secondary N) is 1. The van der Waals surface area contributed by atoms with Crippen LogP contribution in [0.5, 0.6) is 0 Å². The number of ether oxygens (including phenoxy) is 1. The number of carbonyl (C=O) groups is 2. The topological polar surface area (TPSA) is 76.5 Å². The quantitative estimate of drug-likeness (QED) is 0.791. The highest BCUT2D eigenvalue weighted by molar-refractivity contribution is 5.90. The van der Waals surface area contributed by atoms with Crippen LogP contribution < -0.4 is 5.32 Å². The first-order valence-electron chi connectivity index (χ1n) is 7.18. The van der Waals surface area contributed by atoms with Gasteiger partial charge in [-0.2, -0.15) is 5.10 Å². The highest BCUT2D eigenvalue weighted by atomic mass is 16.5. The number of hydrogen-bond acceptors (Lipinski definition) is 5. The van der Waals surface area contributed by atoms with E-state index in [1.807, 2.05) is 7.05 Å². The van der Waals surface area contributed by atoms with E-state index in [4.69, 9.17) is 4.74 Å². The van der Waals surface area contributed by atoms with Crippen molar-refractivity contribution in [3.63, 3.8) is 0 Å². The largest absolute Gasteiger partial charge is 0.462 e. The number of likely N-dealkylation sites (tertiary alicyclic amines) is 1. The number of aryl methyl sites for hydroxylation is 1. The van der Waals surface area contributed by atoms with E-state index in [-0.39, 0.29) is 17.9 Å². The Morgan fingerprint density at radius 1 is 1.52 bits per heavy atom. The first-order valence-corrected chi connectivity index (χ1v) is 7.18. The SMILES string of the molecule is CCOC(=O)c1cnn(C)c1CNC1CCC(=O)N(C)C1. The predicted molar refractivity (Wildman–Crippen MR) is 76.7 cm³/mol. The molecule has 1 unspecified atom stereocenters. The fraction of sp³-hybridized carbons (Fsp3) is 0.643. The van der Waals surface area contributed by atoms with Crippen LogP contribution in [0.1, 0.15) is 35.8 Å². The molecule has 0 aromatic carbocycles. The zero-order chi connectivity index (χ0) is 15.4. The van der Waals surface area contributed by atoms with Crippen molar-refractivity contribution in [3.05, 3.63) is 17.5 Å². The summed E-state index contributed by atoms with van der Waals surface area (Å²) in [5, 5.41) is 7.51. The Morgan fingerprint density at radius 2 is 2.29 bits per heavy atom. The second-order valence-corrected chi connectivity index (χ2v) is 5.24. The number of rotatable bonds is 5. The molecular weight excluding hydrogens is 272 g/mol. The molecule has 1 fully saturated rings. The fourth-order valence-corrected chi connectivity index (χ4v) is 2.47. The first kappa shape index (κ1) is 15.5. The summed E-state index contributed by atoms with van der Waals surface area (Å²) in [5.41, 5.74) is 1.29. The van der Waals surface area contributed by atoms with Crippen LogP contribution in [0, 0.1) is 0 Å². The molecule has 7 heteroatoms. The van der Waals surface area contributed by atoms with Crippen molar-refractivity contribution in [2.24, 2.45) is 7.05 Å². The number of hydrogen-bond donors (Lipinski definition) is 1. The minimum Gasteiger partial charge on any atom is -0.462 e. The summed E-state index contributed by atoms with van der Waals surface area (Å²) in [7, 11) is 3.61. The number of amides is 1. The van der Waals surface area contributed by atoms with Crippen LogP contribution in [0.3, 0.4) is 0 Å². The van der Waals surface area contributed by atoms with E-state index in [1.54, 1.807) is 23.6 Å². The Bertz CT molecular complexity index is 526. The summed E-state index contributed by atoms with van der Waals surface area (Å²) in [4.78, 5) is 25.1. The van der Waals surface area contributed by atoms with Gasteiger partial charge in [-0.1, -0.05) is 0 Å². The third kappa shape index (κ3) is 3.60. The van der Waals surface area contributed by atoms with Gasteiger partial charge in [0, 0.05) is 39.6 Å². The molecule has 116 valence electrons.